The number of rotatable bonds is 9. The van der Waals surface area contributed by atoms with Gasteiger partial charge >= 0.3 is 0 Å². The Hall–Kier alpha value is -9.13. The highest BCUT2D eigenvalue weighted by Gasteiger charge is 2.21. The van der Waals surface area contributed by atoms with Gasteiger partial charge in [0.2, 0.25) is 0 Å². The van der Waals surface area contributed by atoms with E-state index in [0.717, 1.165) is 94.7 Å². The van der Waals surface area contributed by atoms with Gasteiger partial charge in [0.25, 0.3) is 0 Å². The third-order valence-corrected chi connectivity index (χ3v) is 12.3. The Balaban J connectivity index is 0.905. The fourth-order valence-electron chi connectivity index (χ4n) is 8.89. The number of fused-ring (bicyclic) bond motifs is 3. The van der Waals surface area contributed by atoms with E-state index in [0.29, 0.717) is 23.3 Å². The van der Waals surface area contributed by atoms with Crippen LogP contribution in [0.5, 0.6) is 0 Å². The van der Waals surface area contributed by atoms with Crippen molar-refractivity contribution < 1.29 is 0 Å². The highest BCUT2D eigenvalue weighted by Crippen LogP contribution is 2.39. The minimum atomic E-state index is 0.611. The summed E-state index contributed by atoms with van der Waals surface area (Å²) in [6, 6.07) is 84.0. The van der Waals surface area contributed by atoms with Crippen molar-refractivity contribution in [1.82, 2.24) is 29.3 Å². The molecule has 3 aromatic heterocycles. The second kappa shape index (κ2) is 17.1. The van der Waals surface area contributed by atoms with Crippen molar-refractivity contribution in [2.75, 3.05) is 0 Å². The zero-order chi connectivity index (χ0) is 44.5. The maximum Gasteiger partial charge on any atom is 0.164 e. The van der Waals surface area contributed by atoms with Crippen LogP contribution in [0.2, 0.25) is 0 Å². The molecule has 0 saturated heterocycles. The lowest BCUT2D eigenvalue weighted by Gasteiger charge is -2.13. The number of benzene rings is 9. The van der Waals surface area contributed by atoms with Crippen molar-refractivity contribution in [3.05, 3.63) is 243 Å². The predicted molar refractivity (Wildman–Crippen MR) is 273 cm³/mol. The van der Waals surface area contributed by atoms with Crippen molar-refractivity contribution in [3.8, 4) is 102 Å². The van der Waals surface area contributed by atoms with Crippen LogP contribution < -0.4 is 0 Å². The third-order valence-electron chi connectivity index (χ3n) is 12.3. The van der Waals surface area contributed by atoms with Gasteiger partial charge in [-0.05, 0) is 38.9 Å². The topological polar surface area (TPSA) is 68.9 Å². The summed E-state index contributed by atoms with van der Waals surface area (Å²) >= 11 is 0. The monoisotopic (exact) mass is 856 g/mol. The van der Waals surface area contributed by atoms with Gasteiger partial charge in [-0.1, -0.05) is 243 Å². The molecule has 0 aliphatic carbocycles. The summed E-state index contributed by atoms with van der Waals surface area (Å²) < 4.78 is 2.22. The Morgan fingerprint density at radius 3 is 0.910 bits per heavy atom. The first-order valence-corrected chi connectivity index (χ1v) is 22.4. The van der Waals surface area contributed by atoms with Gasteiger partial charge in [-0.15, -0.1) is 0 Å². The van der Waals surface area contributed by atoms with E-state index in [2.05, 4.69) is 211 Å². The van der Waals surface area contributed by atoms with Crippen LogP contribution in [-0.4, -0.2) is 29.3 Å². The standard InChI is InChI=1S/C61H40N6/c1-5-15-41(16-6-1)43-27-35-49(36-28-43)56-62-57(50-37-29-44(30-38-50)42-17-7-2-8-18-42)64-58(63-56)51-39-31-46(32-40-51)45-25-33-47(34-26-45)55-53-23-13-14-24-54(53)61-66-59(48-19-9-3-10-20-48)65-60(67(55)61)52-21-11-4-12-22-52/h1-40H. The molecule has 0 amide bonds. The van der Waals surface area contributed by atoms with Crippen LogP contribution in [0.3, 0.4) is 0 Å². The number of nitrogens with zero attached hydrogens (tertiary/aromatic N) is 6. The quantitative estimate of drug-likeness (QED) is 0.145. The Kier molecular flexibility index (Phi) is 10.1. The third kappa shape index (κ3) is 7.62. The molecule has 0 unspecified atom stereocenters. The van der Waals surface area contributed by atoms with Crippen LogP contribution in [0.25, 0.3) is 118 Å². The van der Waals surface area contributed by atoms with E-state index in [1.807, 2.05) is 36.4 Å². The van der Waals surface area contributed by atoms with Gasteiger partial charge in [-0.3, -0.25) is 4.40 Å². The minimum Gasteiger partial charge on any atom is -0.277 e. The number of hydrogen-bond donors (Lipinski definition) is 0. The molecular weight excluding hydrogens is 817 g/mol. The molecule has 0 atom stereocenters. The van der Waals surface area contributed by atoms with Gasteiger partial charge in [0.05, 0.1) is 5.69 Å². The molecule has 0 spiro atoms. The molecule has 0 bridgehead atoms. The summed E-state index contributed by atoms with van der Waals surface area (Å²) in [5.74, 6) is 3.39. The second-order valence-corrected chi connectivity index (χ2v) is 16.5. The van der Waals surface area contributed by atoms with Crippen LogP contribution in [-0.2, 0) is 0 Å². The van der Waals surface area contributed by atoms with Gasteiger partial charge in [0.1, 0.15) is 11.5 Å². The molecule has 0 fully saturated rings. The molecule has 0 radical (unpaired) electrons. The lowest BCUT2D eigenvalue weighted by molar-refractivity contribution is 1.05. The van der Waals surface area contributed by atoms with Gasteiger partial charge < -0.3 is 0 Å². The predicted octanol–water partition coefficient (Wildman–Crippen LogP) is 15.1. The summed E-state index contributed by atoms with van der Waals surface area (Å²) in [5, 5.41) is 2.19. The average Bonchev–Trinajstić information content (AvgIpc) is 3.76. The van der Waals surface area contributed by atoms with Gasteiger partial charge in [0.15, 0.2) is 23.3 Å². The summed E-state index contributed by atoms with van der Waals surface area (Å²) in [6.45, 7) is 0. The van der Waals surface area contributed by atoms with Crippen molar-refractivity contribution in [3.63, 3.8) is 0 Å². The molecule has 0 aliphatic rings. The summed E-state index contributed by atoms with van der Waals surface area (Å²) in [4.78, 5) is 25.6. The van der Waals surface area contributed by atoms with E-state index < -0.39 is 0 Å². The fourth-order valence-corrected chi connectivity index (χ4v) is 8.89. The van der Waals surface area contributed by atoms with Crippen molar-refractivity contribution >= 4 is 16.4 Å². The molecule has 0 aliphatic heterocycles. The molecule has 0 saturated carbocycles. The highest BCUT2D eigenvalue weighted by atomic mass is 15.1. The van der Waals surface area contributed by atoms with Crippen molar-refractivity contribution in [2.45, 2.75) is 0 Å². The van der Waals surface area contributed by atoms with Crippen LogP contribution in [0.4, 0.5) is 0 Å². The first kappa shape index (κ1) is 39.5. The lowest BCUT2D eigenvalue weighted by Crippen LogP contribution is -2.03. The Morgan fingerprint density at radius 1 is 0.209 bits per heavy atom. The van der Waals surface area contributed by atoms with Crippen LogP contribution in [0, 0.1) is 0 Å². The van der Waals surface area contributed by atoms with E-state index in [1.54, 1.807) is 0 Å². The maximum atomic E-state index is 5.23. The molecule has 6 nitrogen and oxygen atoms in total. The molecule has 12 aromatic rings. The molecule has 3 heterocycles. The van der Waals surface area contributed by atoms with Crippen molar-refractivity contribution in [1.29, 1.82) is 0 Å². The maximum absolute atomic E-state index is 5.23. The number of hydrogen-bond acceptors (Lipinski definition) is 5. The zero-order valence-electron chi connectivity index (χ0n) is 36.3. The Morgan fingerprint density at radius 2 is 0.493 bits per heavy atom. The molecule has 9 aromatic carbocycles. The van der Waals surface area contributed by atoms with Gasteiger partial charge in [0, 0.05) is 38.6 Å². The molecule has 12 rings (SSSR count). The van der Waals surface area contributed by atoms with E-state index in [9.17, 15) is 0 Å². The highest BCUT2D eigenvalue weighted by molar-refractivity contribution is 6.06. The summed E-state index contributed by atoms with van der Waals surface area (Å²) in [6.07, 6.45) is 0. The summed E-state index contributed by atoms with van der Waals surface area (Å²) in [7, 11) is 0. The lowest BCUT2D eigenvalue weighted by atomic mass is 10.00. The molecule has 314 valence electrons. The minimum absolute atomic E-state index is 0.611. The van der Waals surface area contributed by atoms with E-state index in [1.165, 1.54) is 0 Å². The first-order chi connectivity index (χ1) is 33.2. The van der Waals surface area contributed by atoms with Crippen molar-refractivity contribution in [2.24, 2.45) is 0 Å². The van der Waals surface area contributed by atoms with Gasteiger partial charge in [-0.2, -0.15) is 0 Å². The fraction of sp³-hybridized carbons (Fsp3) is 0. The normalized spacial score (nSPS) is 11.3. The van der Waals surface area contributed by atoms with E-state index in [4.69, 9.17) is 24.9 Å². The van der Waals surface area contributed by atoms with Crippen LogP contribution in [0.1, 0.15) is 0 Å². The van der Waals surface area contributed by atoms with Crippen LogP contribution >= 0.6 is 0 Å². The smallest absolute Gasteiger partial charge is 0.164 e. The van der Waals surface area contributed by atoms with Crippen LogP contribution in [0.15, 0.2) is 243 Å². The Labute approximate surface area is 388 Å². The first-order valence-electron chi connectivity index (χ1n) is 22.4. The largest absolute Gasteiger partial charge is 0.277 e. The summed E-state index contributed by atoms with van der Waals surface area (Å²) in [5.41, 5.74) is 14.5. The molecule has 0 N–H and O–H groups in total. The molecular formula is C61H40N6. The SMILES string of the molecule is c1ccc(-c2ccc(-c3nc(-c4ccc(-c5ccccc5)cc4)nc(-c4ccc(-c5ccc(-c6c7ccccc7c7nc(-c8ccccc8)nc(-c8ccccc8)n67)cc5)cc4)n3)cc2)cc1. The second-order valence-electron chi connectivity index (χ2n) is 16.5. The molecule has 6 heteroatoms. The van der Waals surface area contributed by atoms with E-state index >= 15 is 0 Å². The zero-order valence-corrected chi connectivity index (χ0v) is 36.3. The molecule has 67 heavy (non-hydrogen) atoms. The van der Waals surface area contributed by atoms with Gasteiger partial charge in [-0.25, -0.2) is 24.9 Å². The number of aromatic nitrogens is 6. The Bertz CT molecular complexity index is 3570. The average molecular weight is 857 g/mol. The van der Waals surface area contributed by atoms with E-state index in [-0.39, 0.29) is 0 Å².